The number of hydrogen-bond acceptors (Lipinski definition) is 3. The van der Waals surface area contributed by atoms with Crippen LogP contribution in [0.3, 0.4) is 0 Å². The van der Waals surface area contributed by atoms with Gasteiger partial charge in [0.2, 0.25) is 5.91 Å². The van der Waals surface area contributed by atoms with Crippen molar-refractivity contribution in [2.75, 3.05) is 19.6 Å². The first kappa shape index (κ1) is 17.4. The molecule has 1 atom stereocenters. The summed E-state index contributed by atoms with van der Waals surface area (Å²) in [5, 5.41) is 10.4. The van der Waals surface area contributed by atoms with Crippen molar-refractivity contribution in [1.82, 2.24) is 16.0 Å². The number of carbonyl (C=O) groups is 1. The molecule has 1 aliphatic carbocycles. The minimum Gasteiger partial charge on any atom is -0.354 e. The first-order valence-corrected chi connectivity index (χ1v) is 9.50. The highest BCUT2D eigenvalue weighted by molar-refractivity contribution is 5.78. The minimum atomic E-state index is 0.0534. The SMILES string of the molecule is CC(NC1(CNC(=O)C2CCNCC2)CCCC1)c1ccccc1. The van der Waals surface area contributed by atoms with Crippen LogP contribution in [0.1, 0.15) is 57.1 Å². The second-order valence-electron chi connectivity index (χ2n) is 7.51. The number of carbonyl (C=O) groups excluding carboxylic acids is 1. The Labute approximate surface area is 145 Å². The van der Waals surface area contributed by atoms with Crippen molar-refractivity contribution in [1.29, 1.82) is 0 Å². The lowest BCUT2D eigenvalue weighted by Crippen LogP contribution is -2.53. The maximum atomic E-state index is 12.5. The Hall–Kier alpha value is -1.39. The zero-order valence-electron chi connectivity index (χ0n) is 14.8. The lowest BCUT2D eigenvalue weighted by molar-refractivity contribution is -0.126. The van der Waals surface area contributed by atoms with E-state index in [-0.39, 0.29) is 17.4 Å². The number of nitrogens with one attached hydrogen (secondary N) is 3. The highest BCUT2D eigenvalue weighted by atomic mass is 16.1. The van der Waals surface area contributed by atoms with Gasteiger partial charge in [-0.05, 0) is 51.3 Å². The Morgan fingerprint density at radius 3 is 2.54 bits per heavy atom. The molecule has 1 unspecified atom stereocenters. The van der Waals surface area contributed by atoms with E-state index in [1.807, 2.05) is 0 Å². The van der Waals surface area contributed by atoms with Gasteiger partial charge in [0.1, 0.15) is 0 Å². The summed E-state index contributed by atoms with van der Waals surface area (Å²) in [6, 6.07) is 10.9. The Morgan fingerprint density at radius 2 is 1.88 bits per heavy atom. The van der Waals surface area contributed by atoms with E-state index in [9.17, 15) is 4.79 Å². The fourth-order valence-corrected chi connectivity index (χ4v) is 4.19. The van der Waals surface area contributed by atoms with Crippen molar-refractivity contribution in [2.45, 2.75) is 57.0 Å². The molecule has 1 saturated carbocycles. The van der Waals surface area contributed by atoms with Crippen molar-refractivity contribution in [3.63, 3.8) is 0 Å². The molecule has 1 aliphatic heterocycles. The summed E-state index contributed by atoms with van der Waals surface area (Å²) in [6.45, 7) is 4.91. The summed E-state index contributed by atoms with van der Waals surface area (Å²) < 4.78 is 0. The molecule has 0 spiro atoms. The molecule has 2 aliphatic rings. The molecule has 1 aromatic carbocycles. The van der Waals surface area contributed by atoms with Crippen molar-refractivity contribution in [3.05, 3.63) is 35.9 Å². The third-order valence-electron chi connectivity index (χ3n) is 5.69. The van der Waals surface area contributed by atoms with E-state index < -0.39 is 0 Å². The third kappa shape index (κ3) is 4.37. The van der Waals surface area contributed by atoms with Gasteiger partial charge in [-0.25, -0.2) is 0 Å². The Morgan fingerprint density at radius 1 is 1.21 bits per heavy atom. The molecule has 0 bridgehead atoms. The van der Waals surface area contributed by atoms with Crippen LogP contribution in [0.25, 0.3) is 0 Å². The summed E-state index contributed by atoms with van der Waals surface area (Å²) in [6.07, 6.45) is 6.72. The van der Waals surface area contributed by atoms with Crippen LogP contribution in [0.15, 0.2) is 30.3 Å². The van der Waals surface area contributed by atoms with Crippen molar-refractivity contribution in [3.8, 4) is 0 Å². The van der Waals surface area contributed by atoms with Crippen LogP contribution >= 0.6 is 0 Å². The van der Waals surface area contributed by atoms with Gasteiger partial charge in [-0.15, -0.1) is 0 Å². The lowest BCUT2D eigenvalue weighted by Gasteiger charge is -2.35. The van der Waals surface area contributed by atoms with Gasteiger partial charge in [-0.3, -0.25) is 4.79 Å². The predicted octanol–water partition coefficient (Wildman–Crippen LogP) is 2.77. The normalized spacial score (nSPS) is 22.2. The van der Waals surface area contributed by atoms with Gasteiger partial charge in [-0.1, -0.05) is 43.2 Å². The summed E-state index contributed by atoms with van der Waals surface area (Å²) in [5.41, 5.74) is 1.37. The molecule has 4 heteroatoms. The number of amides is 1. The molecule has 1 aromatic rings. The predicted molar refractivity (Wildman–Crippen MR) is 97.8 cm³/mol. The molecule has 1 heterocycles. The first-order valence-electron chi connectivity index (χ1n) is 9.50. The lowest BCUT2D eigenvalue weighted by atomic mass is 9.93. The van der Waals surface area contributed by atoms with E-state index in [0.717, 1.165) is 45.3 Å². The van der Waals surface area contributed by atoms with Gasteiger partial charge in [0, 0.05) is 24.0 Å². The third-order valence-corrected chi connectivity index (χ3v) is 5.69. The smallest absolute Gasteiger partial charge is 0.223 e. The molecular formula is C20H31N3O. The van der Waals surface area contributed by atoms with E-state index >= 15 is 0 Å². The van der Waals surface area contributed by atoms with Gasteiger partial charge in [-0.2, -0.15) is 0 Å². The van der Waals surface area contributed by atoms with Crippen LogP contribution in [0.4, 0.5) is 0 Å². The minimum absolute atomic E-state index is 0.0534. The number of hydrogen-bond donors (Lipinski definition) is 3. The topological polar surface area (TPSA) is 53.2 Å². The second-order valence-corrected chi connectivity index (χ2v) is 7.51. The maximum Gasteiger partial charge on any atom is 0.223 e. The fraction of sp³-hybridized carbons (Fsp3) is 0.650. The van der Waals surface area contributed by atoms with E-state index in [1.54, 1.807) is 0 Å². The second kappa shape index (κ2) is 8.13. The summed E-state index contributed by atoms with van der Waals surface area (Å²) >= 11 is 0. The summed E-state index contributed by atoms with van der Waals surface area (Å²) in [5.74, 6) is 0.438. The van der Waals surface area contributed by atoms with E-state index in [2.05, 4.69) is 53.2 Å². The molecule has 3 rings (SSSR count). The van der Waals surface area contributed by atoms with Crippen molar-refractivity contribution in [2.24, 2.45) is 5.92 Å². The molecule has 1 amide bonds. The average Bonchev–Trinajstić information content (AvgIpc) is 3.10. The molecule has 0 radical (unpaired) electrons. The van der Waals surface area contributed by atoms with Gasteiger partial charge >= 0.3 is 0 Å². The number of piperidine rings is 1. The van der Waals surface area contributed by atoms with Crippen LogP contribution in [-0.4, -0.2) is 31.1 Å². The van der Waals surface area contributed by atoms with E-state index in [4.69, 9.17) is 0 Å². The van der Waals surface area contributed by atoms with Crippen LogP contribution in [0.2, 0.25) is 0 Å². The number of benzene rings is 1. The standard InChI is InChI=1S/C20H31N3O/c1-16(17-7-3-2-4-8-17)23-20(11-5-6-12-20)15-22-19(24)18-9-13-21-14-10-18/h2-4,7-8,16,18,21,23H,5-6,9-15H2,1H3,(H,22,24). The zero-order chi connectivity index (χ0) is 16.8. The number of rotatable bonds is 6. The van der Waals surface area contributed by atoms with E-state index in [1.165, 1.54) is 18.4 Å². The first-order chi connectivity index (χ1) is 11.7. The van der Waals surface area contributed by atoms with Crippen molar-refractivity contribution < 1.29 is 4.79 Å². The van der Waals surface area contributed by atoms with Gasteiger partial charge < -0.3 is 16.0 Å². The van der Waals surface area contributed by atoms with Crippen LogP contribution in [0, 0.1) is 5.92 Å². The van der Waals surface area contributed by atoms with Crippen LogP contribution in [0.5, 0.6) is 0 Å². The average molecular weight is 329 g/mol. The van der Waals surface area contributed by atoms with Gasteiger partial charge in [0.25, 0.3) is 0 Å². The highest BCUT2D eigenvalue weighted by Gasteiger charge is 2.36. The molecule has 0 aromatic heterocycles. The van der Waals surface area contributed by atoms with Crippen LogP contribution < -0.4 is 16.0 Å². The Bertz CT molecular complexity index is 519. The van der Waals surface area contributed by atoms with E-state index in [0.29, 0.717) is 6.04 Å². The quantitative estimate of drug-likeness (QED) is 0.752. The molecule has 3 N–H and O–H groups in total. The summed E-state index contributed by atoms with van der Waals surface area (Å²) in [4.78, 5) is 12.5. The molecule has 132 valence electrons. The molecular weight excluding hydrogens is 298 g/mol. The Kier molecular flexibility index (Phi) is 5.90. The van der Waals surface area contributed by atoms with Gasteiger partial charge in [0.05, 0.1) is 0 Å². The molecule has 2 fully saturated rings. The fourth-order valence-electron chi connectivity index (χ4n) is 4.19. The van der Waals surface area contributed by atoms with Gasteiger partial charge in [0.15, 0.2) is 0 Å². The zero-order valence-corrected chi connectivity index (χ0v) is 14.8. The molecule has 1 saturated heterocycles. The molecule has 4 nitrogen and oxygen atoms in total. The Balaban J connectivity index is 1.58. The monoisotopic (exact) mass is 329 g/mol. The maximum absolute atomic E-state index is 12.5. The van der Waals surface area contributed by atoms with Crippen molar-refractivity contribution >= 4 is 5.91 Å². The van der Waals surface area contributed by atoms with Crippen LogP contribution in [-0.2, 0) is 4.79 Å². The highest BCUT2D eigenvalue weighted by Crippen LogP contribution is 2.32. The molecule has 24 heavy (non-hydrogen) atoms. The summed E-state index contributed by atoms with van der Waals surface area (Å²) in [7, 11) is 0. The largest absolute Gasteiger partial charge is 0.354 e.